The summed E-state index contributed by atoms with van der Waals surface area (Å²) in [5.41, 5.74) is 2.84. The third kappa shape index (κ3) is 4.46. The summed E-state index contributed by atoms with van der Waals surface area (Å²) >= 11 is 1.57. The maximum atomic E-state index is 13.2. The van der Waals surface area contributed by atoms with Gasteiger partial charge in [-0.1, -0.05) is 24.3 Å². The number of amides is 1. The Bertz CT molecular complexity index is 919. The van der Waals surface area contributed by atoms with Crippen molar-refractivity contribution in [2.24, 2.45) is 0 Å². The Balaban J connectivity index is 1.95. The third-order valence-corrected chi connectivity index (χ3v) is 5.47. The van der Waals surface area contributed by atoms with E-state index < -0.39 is 0 Å². The zero-order valence-electron chi connectivity index (χ0n) is 16.2. The number of aryl methyl sites for hydroxylation is 1. The van der Waals surface area contributed by atoms with Gasteiger partial charge < -0.3 is 9.64 Å². The van der Waals surface area contributed by atoms with Gasteiger partial charge in [0.2, 0.25) is 0 Å². The molecule has 0 spiro atoms. The van der Waals surface area contributed by atoms with Crippen molar-refractivity contribution in [3.8, 4) is 5.75 Å². The second-order valence-corrected chi connectivity index (χ2v) is 7.65. The molecule has 0 aliphatic heterocycles. The number of ether oxygens (including phenoxy) is 1. The second kappa shape index (κ2) is 8.50. The van der Waals surface area contributed by atoms with Crippen LogP contribution in [0, 0.1) is 0 Å². The lowest BCUT2D eigenvalue weighted by molar-refractivity contribution is 0.0985. The molecule has 0 atom stereocenters. The fourth-order valence-electron chi connectivity index (χ4n) is 2.77. The minimum atomic E-state index is -0.0470. The van der Waals surface area contributed by atoms with E-state index in [2.05, 4.69) is 24.0 Å². The maximum Gasteiger partial charge on any atom is 0.260 e. The first kappa shape index (κ1) is 19.3. The first-order valence-electron chi connectivity index (χ1n) is 9.02. The average Bonchev–Trinajstić information content (AvgIpc) is 3.10. The van der Waals surface area contributed by atoms with Crippen LogP contribution >= 0.6 is 11.3 Å². The summed E-state index contributed by atoms with van der Waals surface area (Å²) in [5, 5.41) is 0.737. The number of anilines is 1. The molecule has 1 aromatic heterocycles. The topological polar surface area (TPSA) is 45.7 Å². The number of fused-ring (bicyclic) bond motifs is 1. The van der Waals surface area contributed by atoms with Crippen LogP contribution in [-0.2, 0) is 6.42 Å². The maximum absolute atomic E-state index is 13.2. The molecule has 0 fully saturated rings. The first-order valence-corrected chi connectivity index (χ1v) is 9.83. The molecule has 142 valence electrons. The van der Waals surface area contributed by atoms with Gasteiger partial charge in [0, 0.05) is 18.7 Å². The van der Waals surface area contributed by atoms with Crippen molar-refractivity contribution in [2.75, 3.05) is 39.2 Å². The monoisotopic (exact) mass is 383 g/mol. The summed E-state index contributed by atoms with van der Waals surface area (Å²) in [7, 11) is 5.62. The van der Waals surface area contributed by atoms with Crippen LogP contribution in [0.4, 0.5) is 5.13 Å². The number of carbonyl (C=O) groups is 1. The number of carbonyl (C=O) groups excluding carboxylic acids is 1. The van der Waals surface area contributed by atoms with Crippen molar-refractivity contribution >= 4 is 32.6 Å². The normalized spacial score (nSPS) is 11.1. The van der Waals surface area contributed by atoms with Crippen LogP contribution in [0.25, 0.3) is 10.2 Å². The second-order valence-electron chi connectivity index (χ2n) is 6.64. The molecular formula is C21H25N3O2S. The first-order chi connectivity index (χ1) is 13.0. The minimum Gasteiger partial charge on any atom is -0.497 e. The molecule has 1 amide bonds. The lowest BCUT2D eigenvalue weighted by atomic mass is 10.2. The van der Waals surface area contributed by atoms with Gasteiger partial charge in [0.25, 0.3) is 5.91 Å². The predicted molar refractivity (Wildman–Crippen MR) is 112 cm³/mol. The number of thiazole rings is 1. The molecule has 3 aromatic rings. The van der Waals surface area contributed by atoms with E-state index in [-0.39, 0.29) is 5.91 Å². The molecule has 0 unspecified atom stereocenters. The van der Waals surface area contributed by atoms with E-state index in [0.717, 1.165) is 34.1 Å². The van der Waals surface area contributed by atoms with Gasteiger partial charge in [-0.05, 0) is 62.5 Å². The quantitative estimate of drug-likeness (QED) is 0.617. The van der Waals surface area contributed by atoms with Gasteiger partial charge in [-0.2, -0.15) is 0 Å². The van der Waals surface area contributed by atoms with Crippen LogP contribution in [0.2, 0.25) is 0 Å². The molecule has 0 radical (unpaired) electrons. The van der Waals surface area contributed by atoms with Crippen molar-refractivity contribution in [2.45, 2.75) is 13.3 Å². The number of hydrogen-bond donors (Lipinski definition) is 0. The van der Waals surface area contributed by atoms with Crippen molar-refractivity contribution in [3.63, 3.8) is 0 Å². The van der Waals surface area contributed by atoms with Crippen LogP contribution in [0.1, 0.15) is 22.8 Å². The van der Waals surface area contributed by atoms with Gasteiger partial charge in [0.15, 0.2) is 5.13 Å². The zero-order chi connectivity index (χ0) is 19.4. The number of benzene rings is 2. The average molecular weight is 384 g/mol. The van der Waals surface area contributed by atoms with E-state index in [4.69, 9.17) is 9.72 Å². The van der Waals surface area contributed by atoms with Crippen molar-refractivity contribution < 1.29 is 9.53 Å². The molecule has 0 aliphatic rings. The van der Waals surface area contributed by atoms with E-state index in [1.165, 1.54) is 5.56 Å². The number of methoxy groups -OCH3 is 1. The molecule has 1 heterocycles. The molecule has 2 aromatic carbocycles. The Morgan fingerprint density at radius 1 is 1.11 bits per heavy atom. The van der Waals surface area contributed by atoms with Crippen LogP contribution < -0.4 is 9.64 Å². The molecule has 0 saturated heterocycles. The molecule has 6 heteroatoms. The summed E-state index contributed by atoms with van der Waals surface area (Å²) in [6.07, 6.45) is 0.984. The van der Waals surface area contributed by atoms with E-state index in [9.17, 15) is 4.79 Å². The van der Waals surface area contributed by atoms with Gasteiger partial charge in [-0.25, -0.2) is 4.98 Å². The van der Waals surface area contributed by atoms with E-state index in [0.29, 0.717) is 12.1 Å². The SMILES string of the molecule is CCc1ccc2nc(N(CCN(C)C)C(=O)c3ccc(OC)cc3)sc2c1. The molecule has 3 rings (SSSR count). The highest BCUT2D eigenvalue weighted by Crippen LogP contribution is 2.30. The van der Waals surface area contributed by atoms with Gasteiger partial charge >= 0.3 is 0 Å². The van der Waals surface area contributed by atoms with Gasteiger partial charge in [-0.15, -0.1) is 0 Å². The molecule has 0 aliphatic carbocycles. The summed E-state index contributed by atoms with van der Waals surface area (Å²) in [6, 6.07) is 13.5. The molecule has 27 heavy (non-hydrogen) atoms. The van der Waals surface area contributed by atoms with E-state index in [1.54, 1.807) is 35.5 Å². The molecule has 0 N–H and O–H groups in total. The van der Waals surface area contributed by atoms with Crippen LogP contribution in [0.5, 0.6) is 5.75 Å². The van der Waals surface area contributed by atoms with E-state index in [1.807, 2.05) is 32.3 Å². The highest BCUT2D eigenvalue weighted by Gasteiger charge is 2.21. The number of rotatable bonds is 7. The Morgan fingerprint density at radius 2 is 1.85 bits per heavy atom. The van der Waals surface area contributed by atoms with Gasteiger partial charge in [0.1, 0.15) is 5.75 Å². The summed E-state index contributed by atoms with van der Waals surface area (Å²) in [5.74, 6) is 0.688. The Morgan fingerprint density at radius 3 is 2.48 bits per heavy atom. The smallest absolute Gasteiger partial charge is 0.260 e. The zero-order valence-corrected chi connectivity index (χ0v) is 17.0. The molecule has 5 nitrogen and oxygen atoms in total. The summed E-state index contributed by atoms with van der Waals surface area (Å²) < 4.78 is 6.31. The van der Waals surface area contributed by atoms with Crippen LogP contribution in [0.3, 0.4) is 0 Å². The number of likely N-dealkylation sites (N-methyl/N-ethyl adjacent to an activating group) is 1. The fraction of sp³-hybridized carbons (Fsp3) is 0.333. The summed E-state index contributed by atoms with van der Waals surface area (Å²) in [6.45, 7) is 3.48. The van der Waals surface area contributed by atoms with Gasteiger partial charge in [-0.3, -0.25) is 9.69 Å². The standard InChI is InChI=1S/C21H25N3O2S/c1-5-15-6-11-18-19(14-15)27-21(22-18)24(13-12-23(2)3)20(25)16-7-9-17(26-4)10-8-16/h6-11,14H,5,12-13H2,1-4H3. The highest BCUT2D eigenvalue weighted by molar-refractivity contribution is 7.22. The van der Waals surface area contributed by atoms with Crippen LogP contribution in [-0.4, -0.2) is 50.1 Å². The third-order valence-electron chi connectivity index (χ3n) is 4.43. The Kier molecular flexibility index (Phi) is 6.08. The van der Waals surface area contributed by atoms with Crippen LogP contribution in [0.15, 0.2) is 42.5 Å². The van der Waals surface area contributed by atoms with Crippen molar-refractivity contribution in [1.82, 2.24) is 9.88 Å². The lowest BCUT2D eigenvalue weighted by Gasteiger charge is -2.22. The molecule has 0 bridgehead atoms. The Hall–Kier alpha value is -2.44. The fourth-order valence-corrected chi connectivity index (χ4v) is 3.82. The summed E-state index contributed by atoms with van der Waals surface area (Å²) in [4.78, 5) is 21.8. The lowest BCUT2D eigenvalue weighted by Crippen LogP contribution is -2.36. The minimum absolute atomic E-state index is 0.0470. The van der Waals surface area contributed by atoms with Crippen molar-refractivity contribution in [3.05, 3.63) is 53.6 Å². The van der Waals surface area contributed by atoms with Gasteiger partial charge in [0.05, 0.1) is 17.3 Å². The molecular weight excluding hydrogens is 358 g/mol. The Labute approximate surface area is 164 Å². The number of hydrogen-bond acceptors (Lipinski definition) is 5. The largest absolute Gasteiger partial charge is 0.497 e. The number of nitrogens with zero attached hydrogens (tertiary/aromatic N) is 3. The van der Waals surface area contributed by atoms with Crippen molar-refractivity contribution in [1.29, 1.82) is 0 Å². The highest BCUT2D eigenvalue weighted by atomic mass is 32.1. The van der Waals surface area contributed by atoms with E-state index >= 15 is 0 Å². The predicted octanol–water partition coefficient (Wildman–Crippen LogP) is 4.08. The molecule has 0 saturated carbocycles. The number of aromatic nitrogens is 1.